The third-order valence-electron chi connectivity index (χ3n) is 6.99. The van der Waals surface area contributed by atoms with E-state index in [0.29, 0.717) is 24.5 Å². The summed E-state index contributed by atoms with van der Waals surface area (Å²) in [5, 5.41) is 0. The van der Waals surface area contributed by atoms with Gasteiger partial charge in [0.25, 0.3) is 0 Å². The number of carbonyl (C=O) groups is 5. The normalized spacial score (nSPS) is 11.0. The Kier molecular flexibility index (Phi) is 15.4. The summed E-state index contributed by atoms with van der Waals surface area (Å²) in [7, 11) is 0. The standard InChI is InChI=1S/C37H40O11/c1-4-26(3)34(39)45-23-9-7-6-8-22-43-30-16-10-28(11-17-30)36(41)48-32-20-14-29(15-21-32)37(42)47-31-18-12-27(13-19-31)35(40)46-25-24-44-33(38)5-2/h5,10-21,26H,2,4,6-9,22-25H2,1,3H3. The minimum Gasteiger partial charge on any atom is -0.494 e. The first kappa shape index (κ1) is 37.0. The first-order chi connectivity index (χ1) is 23.2. The van der Waals surface area contributed by atoms with Gasteiger partial charge in [-0.3, -0.25) is 4.79 Å². The lowest BCUT2D eigenvalue weighted by Gasteiger charge is -2.09. The van der Waals surface area contributed by atoms with E-state index in [1.54, 1.807) is 24.3 Å². The van der Waals surface area contributed by atoms with Gasteiger partial charge in [-0.15, -0.1) is 0 Å². The molecule has 3 rings (SSSR count). The van der Waals surface area contributed by atoms with Crippen LogP contribution in [0, 0.1) is 5.92 Å². The van der Waals surface area contributed by atoms with Gasteiger partial charge in [-0.25, -0.2) is 19.2 Å². The molecule has 0 N–H and O–H groups in total. The van der Waals surface area contributed by atoms with E-state index in [-0.39, 0.29) is 47.7 Å². The van der Waals surface area contributed by atoms with E-state index in [4.69, 9.17) is 28.4 Å². The Balaban J connectivity index is 1.36. The summed E-state index contributed by atoms with van der Waals surface area (Å²) in [4.78, 5) is 60.0. The van der Waals surface area contributed by atoms with Crippen LogP contribution in [0.25, 0.3) is 0 Å². The zero-order chi connectivity index (χ0) is 34.7. The predicted molar refractivity (Wildman–Crippen MR) is 175 cm³/mol. The van der Waals surface area contributed by atoms with Crippen molar-refractivity contribution in [1.29, 1.82) is 0 Å². The van der Waals surface area contributed by atoms with Gasteiger partial charge in [-0.2, -0.15) is 0 Å². The molecule has 0 spiro atoms. The zero-order valence-corrected chi connectivity index (χ0v) is 27.1. The predicted octanol–water partition coefficient (Wildman–Crippen LogP) is 6.54. The number of ether oxygens (including phenoxy) is 6. The van der Waals surface area contributed by atoms with Gasteiger partial charge in [0.2, 0.25) is 0 Å². The van der Waals surface area contributed by atoms with Gasteiger partial charge < -0.3 is 28.4 Å². The maximum absolute atomic E-state index is 12.6. The van der Waals surface area contributed by atoms with Crippen LogP contribution in [0.2, 0.25) is 0 Å². The van der Waals surface area contributed by atoms with Crippen molar-refractivity contribution < 1.29 is 52.4 Å². The summed E-state index contributed by atoms with van der Waals surface area (Å²) in [6.45, 7) is 7.85. The average Bonchev–Trinajstić information content (AvgIpc) is 3.11. The zero-order valence-electron chi connectivity index (χ0n) is 27.1. The number of benzene rings is 3. The van der Waals surface area contributed by atoms with E-state index in [9.17, 15) is 24.0 Å². The van der Waals surface area contributed by atoms with Crippen LogP contribution in [0.3, 0.4) is 0 Å². The molecule has 0 bridgehead atoms. The fraction of sp³-hybridized carbons (Fsp3) is 0.324. The monoisotopic (exact) mass is 660 g/mol. The molecule has 11 heteroatoms. The second kappa shape index (κ2) is 19.9. The summed E-state index contributed by atoms with van der Waals surface area (Å²) in [5.41, 5.74) is 0.777. The van der Waals surface area contributed by atoms with Crippen LogP contribution in [0.5, 0.6) is 17.2 Å². The van der Waals surface area contributed by atoms with Crippen molar-refractivity contribution >= 4 is 29.8 Å². The van der Waals surface area contributed by atoms with Gasteiger partial charge >= 0.3 is 29.8 Å². The molecule has 0 saturated heterocycles. The summed E-state index contributed by atoms with van der Waals surface area (Å²) < 4.78 is 31.5. The molecule has 3 aromatic carbocycles. The summed E-state index contributed by atoms with van der Waals surface area (Å²) in [5.74, 6) is -1.58. The molecule has 1 unspecified atom stereocenters. The largest absolute Gasteiger partial charge is 0.494 e. The molecule has 0 saturated carbocycles. The van der Waals surface area contributed by atoms with Crippen LogP contribution in [0.4, 0.5) is 0 Å². The SMILES string of the molecule is C=CC(=O)OCCOC(=O)c1ccc(OC(=O)c2ccc(OC(=O)c3ccc(OCCCCCCOC(=O)C(C)CC)cc3)cc2)cc1. The van der Waals surface area contributed by atoms with Crippen LogP contribution >= 0.6 is 0 Å². The molecular formula is C37H40O11. The molecule has 254 valence electrons. The highest BCUT2D eigenvalue weighted by molar-refractivity contribution is 5.93. The Morgan fingerprint density at radius 1 is 0.583 bits per heavy atom. The molecule has 1 atom stereocenters. The van der Waals surface area contributed by atoms with Crippen LogP contribution in [-0.2, 0) is 23.8 Å². The van der Waals surface area contributed by atoms with Crippen molar-refractivity contribution in [1.82, 2.24) is 0 Å². The van der Waals surface area contributed by atoms with Crippen LogP contribution in [0.15, 0.2) is 85.5 Å². The summed E-state index contributed by atoms with van der Waals surface area (Å²) in [6, 6.07) is 18.3. The van der Waals surface area contributed by atoms with Gasteiger partial charge in [-0.1, -0.05) is 20.4 Å². The molecule has 0 heterocycles. The van der Waals surface area contributed by atoms with E-state index in [2.05, 4.69) is 6.58 Å². The number of esters is 5. The van der Waals surface area contributed by atoms with E-state index >= 15 is 0 Å². The molecule has 0 aliphatic heterocycles. The quantitative estimate of drug-likeness (QED) is 0.0455. The Morgan fingerprint density at radius 3 is 1.54 bits per heavy atom. The highest BCUT2D eigenvalue weighted by atomic mass is 16.6. The lowest BCUT2D eigenvalue weighted by molar-refractivity contribution is -0.148. The number of rotatable bonds is 19. The maximum atomic E-state index is 12.6. The van der Waals surface area contributed by atoms with E-state index in [1.165, 1.54) is 48.5 Å². The third kappa shape index (κ3) is 12.7. The van der Waals surface area contributed by atoms with Crippen LogP contribution in [-0.4, -0.2) is 56.3 Å². The summed E-state index contributed by atoms with van der Waals surface area (Å²) in [6.07, 6.45) is 5.36. The molecule has 0 aliphatic rings. The van der Waals surface area contributed by atoms with Crippen molar-refractivity contribution in [3.8, 4) is 17.2 Å². The molecule has 0 aliphatic carbocycles. The second-order valence-corrected chi connectivity index (χ2v) is 10.6. The van der Waals surface area contributed by atoms with Crippen molar-refractivity contribution in [2.75, 3.05) is 26.4 Å². The van der Waals surface area contributed by atoms with Gasteiger partial charge in [-0.05, 0) is 105 Å². The molecule has 11 nitrogen and oxygen atoms in total. The minimum atomic E-state index is -0.648. The third-order valence-corrected chi connectivity index (χ3v) is 6.99. The molecule has 0 radical (unpaired) electrons. The lowest BCUT2D eigenvalue weighted by atomic mass is 10.1. The number of carbonyl (C=O) groups excluding carboxylic acids is 5. The van der Waals surface area contributed by atoms with Gasteiger partial charge in [0.15, 0.2) is 0 Å². The second-order valence-electron chi connectivity index (χ2n) is 10.6. The Bertz CT molecular complexity index is 1510. The fourth-order valence-electron chi connectivity index (χ4n) is 3.99. The molecule has 48 heavy (non-hydrogen) atoms. The topological polar surface area (TPSA) is 141 Å². The Hall–Kier alpha value is -5.45. The molecular weight excluding hydrogens is 620 g/mol. The first-order valence-electron chi connectivity index (χ1n) is 15.7. The van der Waals surface area contributed by atoms with Crippen molar-refractivity contribution in [2.24, 2.45) is 5.92 Å². The minimum absolute atomic E-state index is 0.0609. The number of hydrogen-bond donors (Lipinski definition) is 0. The van der Waals surface area contributed by atoms with E-state index in [0.717, 1.165) is 38.2 Å². The number of unbranched alkanes of at least 4 members (excludes halogenated alkanes) is 3. The average molecular weight is 661 g/mol. The Morgan fingerprint density at radius 2 is 1.04 bits per heavy atom. The smallest absolute Gasteiger partial charge is 0.343 e. The van der Waals surface area contributed by atoms with Crippen LogP contribution < -0.4 is 14.2 Å². The van der Waals surface area contributed by atoms with Gasteiger partial charge in [0.1, 0.15) is 30.5 Å². The lowest BCUT2D eigenvalue weighted by Crippen LogP contribution is -2.14. The van der Waals surface area contributed by atoms with Crippen molar-refractivity contribution in [2.45, 2.75) is 46.0 Å². The highest BCUT2D eigenvalue weighted by Crippen LogP contribution is 2.19. The molecule has 3 aromatic rings. The molecule has 0 fully saturated rings. The first-order valence-corrected chi connectivity index (χ1v) is 15.7. The van der Waals surface area contributed by atoms with Crippen molar-refractivity contribution in [3.63, 3.8) is 0 Å². The van der Waals surface area contributed by atoms with E-state index in [1.807, 2.05) is 13.8 Å². The summed E-state index contributed by atoms with van der Waals surface area (Å²) >= 11 is 0. The Labute approximate surface area is 279 Å². The highest BCUT2D eigenvalue weighted by Gasteiger charge is 2.14. The van der Waals surface area contributed by atoms with Gasteiger partial charge in [0.05, 0.1) is 35.8 Å². The maximum Gasteiger partial charge on any atom is 0.343 e. The molecule has 0 aromatic heterocycles. The number of hydrogen-bond acceptors (Lipinski definition) is 11. The van der Waals surface area contributed by atoms with Gasteiger partial charge in [0, 0.05) is 6.08 Å². The van der Waals surface area contributed by atoms with Crippen molar-refractivity contribution in [3.05, 3.63) is 102 Å². The van der Waals surface area contributed by atoms with Crippen LogP contribution in [0.1, 0.15) is 77.0 Å². The fourth-order valence-corrected chi connectivity index (χ4v) is 3.99. The van der Waals surface area contributed by atoms with E-state index < -0.39 is 23.9 Å². The molecule has 0 amide bonds.